The molecule has 4 heteroatoms. The summed E-state index contributed by atoms with van der Waals surface area (Å²) in [5.74, 6) is 0.185. The molecule has 2 atom stereocenters. The number of fused-ring (bicyclic) bond motifs is 3. The Labute approximate surface area is 157 Å². The van der Waals surface area contributed by atoms with E-state index in [1.165, 1.54) is 49.8 Å². The second kappa shape index (κ2) is 5.81. The normalized spacial score (nSPS) is 36.0. The van der Waals surface area contributed by atoms with Crippen LogP contribution in [0.25, 0.3) is 0 Å². The summed E-state index contributed by atoms with van der Waals surface area (Å²) in [5, 5.41) is 5.25. The highest BCUT2D eigenvalue weighted by Crippen LogP contribution is 2.62. The van der Waals surface area contributed by atoms with Crippen molar-refractivity contribution >= 4 is 0 Å². The molecule has 1 aromatic rings. The molecule has 0 bridgehead atoms. The minimum absolute atomic E-state index is 0.0167. The first kappa shape index (κ1) is 17.2. The summed E-state index contributed by atoms with van der Waals surface area (Å²) in [6, 6.07) is 0.626. The Morgan fingerprint density at radius 3 is 2.46 bits per heavy atom. The van der Waals surface area contributed by atoms with Crippen LogP contribution in [0.3, 0.4) is 0 Å². The van der Waals surface area contributed by atoms with Gasteiger partial charge < -0.3 is 9.47 Å². The SMILES string of the molecule is CC1(C)[C@@H]2CCc3cn(C4CCCCC4)nc3[C@@]2(C)CCC12OCCO2. The molecule has 2 saturated carbocycles. The second-order valence-electron chi connectivity index (χ2n) is 9.96. The lowest BCUT2D eigenvalue weighted by Gasteiger charge is -2.59. The van der Waals surface area contributed by atoms with Crippen LogP contribution in [0.4, 0.5) is 0 Å². The predicted octanol–water partition coefficient (Wildman–Crippen LogP) is 4.77. The Kier molecular flexibility index (Phi) is 3.85. The fraction of sp³-hybridized carbons (Fsp3) is 0.864. The van der Waals surface area contributed by atoms with E-state index in [-0.39, 0.29) is 16.6 Å². The van der Waals surface area contributed by atoms with Crippen molar-refractivity contribution in [2.45, 2.75) is 95.8 Å². The Morgan fingerprint density at radius 1 is 1.00 bits per heavy atom. The minimum atomic E-state index is -0.374. The van der Waals surface area contributed by atoms with Gasteiger partial charge in [-0.1, -0.05) is 40.0 Å². The van der Waals surface area contributed by atoms with E-state index in [0.717, 1.165) is 32.5 Å². The number of hydrogen-bond donors (Lipinski definition) is 0. The molecule has 26 heavy (non-hydrogen) atoms. The molecule has 0 unspecified atom stereocenters. The smallest absolute Gasteiger partial charge is 0.173 e. The molecule has 1 spiro atoms. The van der Waals surface area contributed by atoms with Crippen LogP contribution < -0.4 is 0 Å². The van der Waals surface area contributed by atoms with Gasteiger partial charge in [-0.2, -0.15) is 5.10 Å². The number of ether oxygens (including phenoxy) is 2. The van der Waals surface area contributed by atoms with Gasteiger partial charge in [-0.05, 0) is 43.6 Å². The number of aryl methyl sites for hydroxylation is 1. The molecule has 0 aromatic carbocycles. The Hall–Kier alpha value is -0.870. The zero-order valence-electron chi connectivity index (χ0n) is 16.7. The van der Waals surface area contributed by atoms with Crippen LogP contribution in [-0.2, 0) is 21.3 Å². The summed E-state index contributed by atoms with van der Waals surface area (Å²) < 4.78 is 14.8. The summed E-state index contributed by atoms with van der Waals surface area (Å²) in [6.45, 7) is 8.72. The summed E-state index contributed by atoms with van der Waals surface area (Å²) >= 11 is 0. The van der Waals surface area contributed by atoms with Gasteiger partial charge >= 0.3 is 0 Å². The van der Waals surface area contributed by atoms with Crippen molar-refractivity contribution < 1.29 is 9.47 Å². The second-order valence-corrected chi connectivity index (χ2v) is 9.96. The van der Waals surface area contributed by atoms with Gasteiger partial charge in [0.15, 0.2) is 5.79 Å². The fourth-order valence-electron chi connectivity index (χ4n) is 6.84. The first-order chi connectivity index (χ1) is 12.5. The van der Waals surface area contributed by atoms with Crippen LogP contribution in [-0.4, -0.2) is 28.8 Å². The number of rotatable bonds is 1. The molecule has 0 amide bonds. The lowest BCUT2D eigenvalue weighted by molar-refractivity contribution is -0.276. The lowest BCUT2D eigenvalue weighted by atomic mass is 9.49. The maximum absolute atomic E-state index is 6.23. The van der Waals surface area contributed by atoms with Crippen LogP contribution in [0.5, 0.6) is 0 Å². The van der Waals surface area contributed by atoms with Gasteiger partial charge in [-0.15, -0.1) is 0 Å². The van der Waals surface area contributed by atoms with E-state index in [9.17, 15) is 0 Å². The molecule has 144 valence electrons. The topological polar surface area (TPSA) is 36.3 Å². The molecule has 3 fully saturated rings. The van der Waals surface area contributed by atoms with Crippen LogP contribution in [0.15, 0.2) is 6.20 Å². The average Bonchev–Trinajstić information content (AvgIpc) is 3.29. The Morgan fingerprint density at radius 2 is 1.73 bits per heavy atom. The van der Waals surface area contributed by atoms with Gasteiger partial charge in [0, 0.05) is 23.4 Å². The van der Waals surface area contributed by atoms with Crippen molar-refractivity contribution in [3.63, 3.8) is 0 Å². The van der Waals surface area contributed by atoms with Crippen molar-refractivity contribution in [1.29, 1.82) is 0 Å². The van der Waals surface area contributed by atoms with Crippen molar-refractivity contribution in [2.24, 2.45) is 11.3 Å². The van der Waals surface area contributed by atoms with Crippen molar-refractivity contribution in [1.82, 2.24) is 9.78 Å². The molecule has 1 aliphatic heterocycles. The van der Waals surface area contributed by atoms with Crippen molar-refractivity contribution in [2.75, 3.05) is 13.2 Å². The quantitative estimate of drug-likeness (QED) is 0.725. The predicted molar refractivity (Wildman–Crippen MR) is 101 cm³/mol. The van der Waals surface area contributed by atoms with Gasteiger partial charge in [0.25, 0.3) is 0 Å². The summed E-state index contributed by atoms with van der Waals surface area (Å²) in [5.41, 5.74) is 3.06. The highest BCUT2D eigenvalue weighted by molar-refractivity contribution is 5.33. The molecule has 1 aromatic heterocycles. The minimum Gasteiger partial charge on any atom is -0.347 e. The van der Waals surface area contributed by atoms with E-state index in [2.05, 4.69) is 31.6 Å². The first-order valence-electron chi connectivity index (χ1n) is 10.8. The third kappa shape index (κ3) is 2.24. The number of nitrogens with zero attached hydrogens (tertiary/aromatic N) is 2. The van der Waals surface area contributed by atoms with E-state index >= 15 is 0 Å². The summed E-state index contributed by atoms with van der Waals surface area (Å²) in [7, 11) is 0. The maximum atomic E-state index is 6.23. The summed E-state index contributed by atoms with van der Waals surface area (Å²) in [4.78, 5) is 0. The largest absolute Gasteiger partial charge is 0.347 e. The first-order valence-corrected chi connectivity index (χ1v) is 10.8. The van der Waals surface area contributed by atoms with Gasteiger partial charge in [-0.3, -0.25) is 4.68 Å². The monoisotopic (exact) mass is 358 g/mol. The molecule has 5 rings (SSSR count). The molecule has 0 radical (unpaired) electrons. The lowest BCUT2D eigenvalue weighted by Crippen LogP contribution is -2.61. The van der Waals surface area contributed by atoms with Crippen LogP contribution in [0.1, 0.15) is 89.4 Å². The van der Waals surface area contributed by atoms with Crippen molar-refractivity contribution in [3.05, 3.63) is 17.5 Å². The van der Waals surface area contributed by atoms with E-state index in [4.69, 9.17) is 14.6 Å². The molecular formula is C22H34N2O2. The van der Waals surface area contributed by atoms with Gasteiger partial charge in [0.2, 0.25) is 0 Å². The van der Waals surface area contributed by atoms with Crippen LogP contribution in [0.2, 0.25) is 0 Å². The van der Waals surface area contributed by atoms with E-state index < -0.39 is 0 Å². The molecule has 0 N–H and O–H groups in total. The van der Waals surface area contributed by atoms with E-state index in [1.807, 2.05) is 0 Å². The zero-order valence-corrected chi connectivity index (χ0v) is 16.7. The Balaban J connectivity index is 1.50. The third-order valence-electron chi connectivity index (χ3n) is 8.35. The van der Waals surface area contributed by atoms with E-state index in [1.54, 1.807) is 0 Å². The molecule has 4 aliphatic rings. The maximum Gasteiger partial charge on any atom is 0.173 e. The Bertz CT molecular complexity index is 682. The van der Waals surface area contributed by atoms with Crippen molar-refractivity contribution in [3.8, 4) is 0 Å². The van der Waals surface area contributed by atoms with Gasteiger partial charge in [-0.25, -0.2) is 0 Å². The van der Waals surface area contributed by atoms with Gasteiger partial charge in [0.05, 0.1) is 24.9 Å². The fourth-order valence-corrected chi connectivity index (χ4v) is 6.84. The van der Waals surface area contributed by atoms with Crippen LogP contribution >= 0.6 is 0 Å². The number of hydrogen-bond acceptors (Lipinski definition) is 3. The standard InChI is InChI=1S/C22H34N2O2/c1-20(2)18-10-9-16-15-24(17-7-5-4-6-8-17)23-19(16)21(18,3)11-12-22(20)25-13-14-26-22/h15,17-18H,4-14H2,1-3H3/t18-,21-/m0/s1. The molecule has 4 nitrogen and oxygen atoms in total. The average molecular weight is 359 g/mol. The third-order valence-corrected chi connectivity index (χ3v) is 8.35. The molecule has 1 saturated heterocycles. The molecule has 3 aliphatic carbocycles. The van der Waals surface area contributed by atoms with E-state index in [0.29, 0.717) is 12.0 Å². The zero-order chi connectivity index (χ0) is 18.0. The summed E-state index contributed by atoms with van der Waals surface area (Å²) in [6.07, 6.45) is 13.6. The highest BCUT2D eigenvalue weighted by atomic mass is 16.7. The van der Waals surface area contributed by atoms with Crippen LogP contribution in [0, 0.1) is 11.3 Å². The highest BCUT2D eigenvalue weighted by Gasteiger charge is 2.63. The number of aromatic nitrogens is 2. The van der Waals surface area contributed by atoms with Gasteiger partial charge in [0.1, 0.15) is 0 Å². The molecular weight excluding hydrogens is 324 g/mol. The molecule has 2 heterocycles.